The van der Waals surface area contributed by atoms with E-state index in [0.717, 1.165) is 27.5 Å². The summed E-state index contributed by atoms with van der Waals surface area (Å²) < 4.78 is 0. The summed E-state index contributed by atoms with van der Waals surface area (Å²) in [5.74, 6) is 0.540. The third-order valence-electron chi connectivity index (χ3n) is 4.36. The second-order valence-corrected chi connectivity index (χ2v) is 7.48. The Morgan fingerprint density at radius 3 is 2.68 bits per heavy atom. The van der Waals surface area contributed by atoms with Crippen molar-refractivity contribution in [1.29, 1.82) is 0 Å². The van der Waals surface area contributed by atoms with E-state index in [2.05, 4.69) is 34.3 Å². The van der Waals surface area contributed by atoms with E-state index >= 15 is 0 Å². The highest BCUT2D eigenvalue weighted by atomic mass is 32.2. The molecule has 140 valence electrons. The molecule has 1 amide bonds. The van der Waals surface area contributed by atoms with Gasteiger partial charge in [-0.05, 0) is 54.4 Å². The van der Waals surface area contributed by atoms with Gasteiger partial charge in [-0.15, -0.1) is 0 Å². The van der Waals surface area contributed by atoms with Crippen LogP contribution in [0.15, 0.2) is 71.9 Å². The molecular weight excluding hydrogens is 370 g/mol. The Morgan fingerprint density at radius 1 is 1.11 bits per heavy atom. The predicted molar refractivity (Wildman–Crippen MR) is 113 cm³/mol. The van der Waals surface area contributed by atoms with Crippen molar-refractivity contribution >= 4 is 34.4 Å². The van der Waals surface area contributed by atoms with Gasteiger partial charge in [0.05, 0.1) is 16.7 Å². The first kappa shape index (κ1) is 18.1. The van der Waals surface area contributed by atoms with Crippen LogP contribution >= 0.6 is 11.8 Å². The van der Waals surface area contributed by atoms with Crippen molar-refractivity contribution in [3.05, 3.63) is 83.4 Å². The van der Waals surface area contributed by atoms with Gasteiger partial charge in [-0.2, -0.15) is 0 Å². The van der Waals surface area contributed by atoms with Crippen molar-refractivity contribution in [2.45, 2.75) is 17.8 Å². The van der Waals surface area contributed by atoms with Crippen LogP contribution in [0.3, 0.4) is 0 Å². The summed E-state index contributed by atoms with van der Waals surface area (Å²) in [4.78, 5) is 20.3. The fourth-order valence-corrected chi connectivity index (χ4v) is 3.69. The van der Waals surface area contributed by atoms with Crippen LogP contribution in [-0.2, 0) is 5.75 Å². The molecule has 0 spiro atoms. The lowest BCUT2D eigenvalue weighted by Gasteiger charge is -2.07. The van der Waals surface area contributed by atoms with Gasteiger partial charge < -0.3 is 15.4 Å². The Bertz CT molecular complexity index is 1140. The first-order valence-electron chi connectivity index (χ1n) is 8.86. The quantitative estimate of drug-likeness (QED) is 0.327. The molecule has 0 aliphatic carbocycles. The van der Waals surface area contributed by atoms with E-state index in [1.807, 2.05) is 18.2 Å². The summed E-state index contributed by atoms with van der Waals surface area (Å²) >= 11 is 1.62. The van der Waals surface area contributed by atoms with Crippen molar-refractivity contribution in [3.8, 4) is 5.75 Å². The standard InChI is InChI=1S/C22H19N3O2S/c1-14-6-11-17-19(12-14)25-22(24-17)28-13-15-7-9-16(10-8-15)21(27)23-18-4-2-3-5-20(18)26/h2-12,26H,13H2,1H3,(H,23,27)(H,24,25). The molecule has 3 aromatic carbocycles. The summed E-state index contributed by atoms with van der Waals surface area (Å²) in [6.45, 7) is 2.06. The number of nitrogens with one attached hydrogen (secondary N) is 2. The molecule has 0 unspecified atom stereocenters. The minimum absolute atomic E-state index is 0.0462. The van der Waals surface area contributed by atoms with Gasteiger partial charge in [0, 0.05) is 11.3 Å². The number of carbonyl (C=O) groups is 1. The van der Waals surface area contributed by atoms with Crippen LogP contribution in [0.4, 0.5) is 5.69 Å². The van der Waals surface area contributed by atoms with Gasteiger partial charge in [0.25, 0.3) is 5.91 Å². The molecule has 0 aliphatic rings. The molecule has 0 saturated heterocycles. The number of hydrogen-bond acceptors (Lipinski definition) is 4. The molecule has 0 radical (unpaired) electrons. The summed E-state index contributed by atoms with van der Waals surface area (Å²) in [6.07, 6.45) is 0. The molecule has 28 heavy (non-hydrogen) atoms. The molecule has 5 nitrogen and oxygen atoms in total. The lowest BCUT2D eigenvalue weighted by Crippen LogP contribution is -2.11. The molecule has 0 aliphatic heterocycles. The smallest absolute Gasteiger partial charge is 0.255 e. The molecule has 1 heterocycles. The van der Waals surface area contributed by atoms with Crippen LogP contribution < -0.4 is 5.32 Å². The lowest BCUT2D eigenvalue weighted by atomic mass is 10.1. The number of H-pyrrole nitrogens is 1. The van der Waals surface area contributed by atoms with Crippen LogP contribution in [0, 0.1) is 6.92 Å². The fourth-order valence-electron chi connectivity index (χ4n) is 2.85. The third-order valence-corrected chi connectivity index (χ3v) is 5.30. The number of carbonyl (C=O) groups excluding carboxylic acids is 1. The van der Waals surface area contributed by atoms with E-state index in [9.17, 15) is 9.90 Å². The Labute approximate surface area is 166 Å². The van der Waals surface area contributed by atoms with Crippen LogP contribution in [0.5, 0.6) is 5.75 Å². The summed E-state index contributed by atoms with van der Waals surface area (Å²) in [5.41, 5.74) is 5.23. The molecule has 0 atom stereocenters. The Hall–Kier alpha value is -3.25. The highest BCUT2D eigenvalue weighted by Gasteiger charge is 2.09. The van der Waals surface area contributed by atoms with Gasteiger partial charge in [0.2, 0.25) is 0 Å². The van der Waals surface area contributed by atoms with Gasteiger partial charge in [-0.1, -0.05) is 42.1 Å². The van der Waals surface area contributed by atoms with Gasteiger partial charge in [0.15, 0.2) is 5.16 Å². The molecule has 0 fully saturated rings. The van der Waals surface area contributed by atoms with Crippen molar-refractivity contribution in [1.82, 2.24) is 9.97 Å². The molecule has 4 aromatic rings. The molecule has 0 saturated carbocycles. The minimum atomic E-state index is -0.256. The zero-order valence-electron chi connectivity index (χ0n) is 15.3. The van der Waals surface area contributed by atoms with E-state index in [-0.39, 0.29) is 11.7 Å². The molecule has 6 heteroatoms. The molecule has 1 aromatic heterocycles. The Morgan fingerprint density at radius 2 is 1.89 bits per heavy atom. The number of nitrogens with zero attached hydrogens (tertiary/aromatic N) is 1. The normalized spacial score (nSPS) is 10.9. The van der Waals surface area contributed by atoms with Crippen LogP contribution in [0.2, 0.25) is 0 Å². The zero-order chi connectivity index (χ0) is 19.5. The van der Waals surface area contributed by atoms with E-state index in [0.29, 0.717) is 11.3 Å². The second kappa shape index (κ2) is 7.78. The average molecular weight is 389 g/mol. The molecule has 3 N–H and O–H groups in total. The third kappa shape index (κ3) is 4.02. The molecule has 0 bridgehead atoms. The number of amides is 1. The number of hydrogen-bond donors (Lipinski definition) is 3. The van der Waals surface area contributed by atoms with E-state index in [1.165, 1.54) is 11.6 Å². The molecular formula is C22H19N3O2S. The first-order chi connectivity index (χ1) is 13.6. The first-order valence-corrected chi connectivity index (χ1v) is 9.84. The van der Waals surface area contributed by atoms with Crippen LogP contribution in [0.25, 0.3) is 11.0 Å². The fraction of sp³-hybridized carbons (Fsp3) is 0.0909. The van der Waals surface area contributed by atoms with E-state index < -0.39 is 0 Å². The highest BCUT2D eigenvalue weighted by Crippen LogP contribution is 2.25. The molecule has 4 rings (SSSR count). The minimum Gasteiger partial charge on any atom is -0.506 e. The summed E-state index contributed by atoms with van der Waals surface area (Å²) in [6, 6.07) is 20.3. The number of thioether (sulfide) groups is 1. The number of aromatic nitrogens is 2. The number of anilines is 1. The van der Waals surface area contributed by atoms with Crippen LogP contribution in [-0.4, -0.2) is 21.0 Å². The number of benzene rings is 3. The number of phenols is 1. The Kier molecular flexibility index (Phi) is 5.04. The number of aromatic hydroxyl groups is 1. The summed E-state index contributed by atoms with van der Waals surface area (Å²) in [5, 5.41) is 13.4. The monoisotopic (exact) mass is 389 g/mol. The van der Waals surface area contributed by atoms with Gasteiger partial charge in [-0.25, -0.2) is 4.98 Å². The number of para-hydroxylation sites is 2. The van der Waals surface area contributed by atoms with Crippen molar-refractivity contribution in [2.24, 2.45) is 0 Å². The maximum Gasteiger partial charge on any atom is 0.255 e. The topological polar surface area (TPSA) is 78.0 Å². The predicted octanol–water partition coefficient (Wildman–Crippen LogP) is 5.12. The number of fused-ring (bicyclic) bond motifs is 1. The van der Waals surface area contributed by atoms with E-state index in [4.69, 9.17) is 0 Å². The van der Waals surface area contributed by atoms with Crippen molar-refractivity contribution in [2.75, 3.05) is 5.32 Å². The number of aromatic amines is 1. The maximum absolute atomic E-state index is 12.3. The van der Waals surface area contributed by atoms with Crippen LogP contribution in [0.1, 0.15) is 21.5 Å². The summed E-state index contributed by atoms with van der Waals surface area (Å²) in [7, 11) is 0. The number of rotatable bonds is 5. The van der Waals surface area contributed by atoms with Gasteiger partial charge in [0.1, 0.15) is 5.75 Å². The number of aryl methyl sites for hydroxylation is 1. The van der Waals surface area contributed by atoms with Crippen molar-refractivity contribution < 1.29 is 9.90 Å². The van der Waals surface area contributed by atoms with Gasteiger partial charge >= 0.3 is 0 Å². The highest BCUT2D eigenvalue weighted by molar-refractivity contribution is 7.98. The number of phenolic OH excluding ortho intramolecular Hbond substituents is 1. The number of imidazole rings is 1. The lowest BCUT2D eigenvalue weighted by molar-refractivity contribution is 0.102. The van der Waals surface area contributed by atoms with Gasteiger partial charge in [-0.3, -0.25) is 4.79 Å². The Balaban J connectivity index is 1.40. The second-order valence-electron chi connectivity index (χ2n) is 6.52. The SMILES string of the molecule is Cc1ccc2nc(SCc3ccc(C(=O)Nc4ccccc4O)cc3)[nH]c2c1. The maximum atomic E-state index is 12.3. The largest absolute Gasteiger partial charge is 0.506 e. The zero-order valence-corrected chi connectivity index (χ0v) is 16.1. The van der Waals surface area contributed by atoms with Crippen molar-refractivity contribution in [3.63, 3.8) is 0 Å². The van der Waals surface area contributed by atoms with E-state index in [1.54, 1.807) is 42.1 Å². The average Bonchev–Trinajstić information content (AvgIpc) is 3.10.